The van der Waals surface area contributed by atoms with Gasteiger partial charge in [0.2, 0.25) is 0 Å². The van der Waals surface area contributed by atoms with E-state index in [2.05, 4.69) is 30.4 Å². The van der Waals surface area contributed by atoms with Crippen LogP contribution in [0.3, 0.4) is 0 Å². The molecule has 0 bridgehead atoms. The molecule has 8 nitrogen and oxygen atoms in total. The standard InChI is InChI=1S/C19H19N7O/c1-13(2)18-24-19(27-25-18)15-5-6-21-16(9-15)22-10-14-3-4-17(23-11-14)26-8-7-20-12-26/h3-9,11-13H,10H2,1-2H3,(H,21,22). The van der Waals surface area contributed by atoms with Crippen LogP contribution < -0.4 is 5.32 Å². The third-order valence-electron chi connectivity index (χ3n) is 4.02. The molecule has 0 aliphatic heterocycles. The number of rotatable bonds is 6. The average Bonchev–Trinajstić information content (AvgIpc) is 3.39. The van der Waals surface area contributed by atoms with Crippen LogP contribution in [0.5, 0.6) is 0 Å². The lowest BCUT2D eigenvalue weighted by Gasteiger charge is -2.07. The number of hydrogen-bond donors (Lipinski definition) is 1. The maximum atomic E-state index is 5.34. The van der Waals surface area contributed by atoms with Crippen LogP contribution in [-0.4, -0.2) is 29.7 Å². The smallest absolute Gasteiger partial charge is 0.258 e. The van der Waals surface area contributed by atoms with Crippen molar-refractivity contribution in [2.75, 3.05) is 5.32 Å². The molecule has 4 aromatic rings. The number of pyridine rings is 2. The minimum atomic E-state index is 0.222. The van der Waals surface area contributed by atoms with Gasteiger partial charge in [-0.3, -0.25) is 4.57 Å². The van der Waals surface area contributed by atoms with E-state index in [9.17, 15) is 0 Å². The molecule has 0 radical (unpaired) electrons. The summed E-state index contributed by atoms with van der Waals surface area (Å²) >= 11 is 0. The fourth-order valence-corrected chi connectivity index (χ4v) is 2.51. The zero-order valence-electron chi connectivity index (χ0n) is 15.1. The Labute approximate surface area is 156 Å². The number of nitrogens with one attached hydrogen (secondary N) is 1. The highest BCUT2D eigenvalue weighted by Gasteiger charge is 2.12. The first-order chi connectivity index (χ1) is 13.2. The van der Waals surface area contributed by atoms with Gasteiger partial charge in [-0.25, -0.2) is 15.0 Å². The first kappa shape index (κ1) is 16.9. The Morgan fingerprint density at radius 3 is 2.78 bits per heavy atom. The van der Waals surface area contributed by atoms with Crippen molar-refractivity contribution >= 4 is 5.82 Å². The van der Waals surface area contributed by atoms with Gasteiger partial charge in [-0.1, -0.05) is 25.1 Å². The van der Waals surface area contributed by atoms with E-state index in [1.54, 1.807) is 18.7 Å². The minimum absolute atomic E-state index is 0.222. The Balaban J connectivity index is 1.44. The molecule has 0 spiro atoms. The van der Waals surface area contributed by atoms with Crippen molar-refractivity contribution in [3.63, 3.8) is 0 Å². The summed E-state index contributed by atoms with van der Waals surface area (Å²) in [5.74, 6) is 2.97. The van der Waals surface area contributed by atoms with E-state index < -0.39 is 0 Å². The molecule has 0 fully saturated rings. The van der Waals surface area contributed by atoms with Gasteiger partial charge >= 0.3 is 0 Å². The summed E-state index contributed by atoms with van der Waals surface area (Å²) in [6, 6.07) is 7.72. The second kappa shape index (κ2) is 7.36. The number of aromatic nitrogens is 6. The van der Waals surface area contributed by atoms with Crippen molar-refractivity contribution in [3.8, 4) is 17.3 Å². The molecule has 0 unspecified atom stereocenters. The molecule has 4 aromatic heterocycles. The molecule has 0 aliphatic carbocycles. The maximum absolute atomic E-state index is 5.34. The second-order valence-corrected chi connectivity index (χ2v) is 6.39. The van der Waals surface area contributed by atoms with Crippen LogP contribution in [0.2, 0.25) is 0 Å². The molecule has 0 aliphatic rings. The lowest BCUT2D eigenvalue weighted by molar-refractivity contribution is 0.419. The Bertz CT molecular complexity index is 1010. The van der Waals surface area contributed by atoms with E-state index in [1.807, 2.05) is 55.1 Å². The van der Waals surface area contributed by atoms with Crippen LogP contribution in [0.1, 0.15) is 31.2 Å². The Kier molecular flexibility index (Phi) is 4.61. The topological polar surface area (TPSA) is 94.6 Å². The quantitative estimate of drug-likeness (QED) is 0.562. The van der Waals surface area contributed by atoms with Gasteiger partial charge in [0, 0.05) is 42.8 Å². The lowest BCUT2D eigenvalue weighted by atomic mass is 10.2. The predicted octanol–water partition coefficient (Wildman–Crippen LogP) is 3.45. The zero-order chi connectivity index (χ0) is 18.6. The highest BCUT2D eigenvalue weighted by atomic mass is 16.5. The number of imidazole rings is 1. The van der Waals surface area contributed by atoms with E-state index in [1.165, 1.54) is 0 Å². The van der Waals surface area contributed by atoms with E-state index in [-0.39, 0.29) is 5.92 Å². The van der Waals surface area contributed by atoms with Gasteiger partial charge in [0.25, 0.3) is 5.89 Å². The molecule has 1 N–H and O–H groups in total. The molecule has 0 atom stereocenters. The van der Waals surface area contributed by atoms with Crippen molar-refractivity contribution in [1.82, 2.24) is 29.7 Å². The molecular formula is C19H19N7O. The molecule has 4 heterocycles. The molecule has 0 saturated carbocycles. The number of hydrogen-bond acceptors (Lipinski definition) is 7. The summed E-state index contributed by atoms with van der Waals surface area (Å²) in [6.07, 6.45) is 8.86. The molecule has 8 heteroatoms. The Morgan fingerprint density at radius 1 is 1.15 bits per heavy atom. The van der Waals surface area contributed by atoms with Crippen LogP contribution in [-0.2, 0) is 6.54 Å². The second-order valence-electron chi connectivity index (χ2n) is 6.39. The van der Waals surface area contributed by atoms with Crippen molar-refractivity contribution in [2.45, 2.75) is 26.3 Å². The normalized spacial score (nSPS) is 11.1. The highest BCUT2D eigenvalue weighted by molar-refractivity contribution is 5.57. The molecule has 0 aromatic carbocycles. The zero-order valence-corrected chi connectivity index (χ0v) is 15.1. The number of anilines is 1. The molecule has 0 amide bonds. The summed E-state index contributed by atoms with van der Waals surface area (Å²) in [6.45, 7) is 4.66. The van der Waals surface area contributed by atoms with Gasteiger partial charge in [-0.05, 0) is 23.8 Å². The predicted molar refractivity (Wildman–Crippen MR) is 100 cm³/mol. The highest BCUT2D eigenvalue weighted by Crippen LogP contribution is 2.21. The lowest BCUT2D eigenvalue weighted by Crippen LogP contribution is -2.03. The molecular weight excluding hydrogens is 342 g/mol. The molecule has 4 rings (SSSR count). The fraction of sp³-hybridized carbons (Fsp3) is 0.211. The van der Waals surface area contributed by atoms with Crippen LogP contribution in [0.4, 0.5) is 5.82 Å². The summed E-state index contributed by atoms with van der Waals surface area (Å²) in [4.78, 5) is 17.2. The van der Waals surface area contributed by atoms with Crippen molar-refractivity contribution in [1.29, 1.82) is 0 Å². The summed E-state index contributed by atoms with van der Waals surface area (Å²) in [7, 11) is 0. The summed E-state index contributed by atoms with van der Waals surface area (Å²) in [5.41, 5.74) is 1.88. The maximum Gasteiger partial charge on any atom is 0.258 e. The van der Waals surface area contributed by atoms with Gasteiger partial charge in [0.15, 0.2) is 5.82 Å². The molecule has 27 heavy (non-hydrogen) atoms. The van der Waals surface area contributed by atoms with Gasteiger partial charge < -0.3 is 9.84 Å². The first-order valence-electron chi connectivity index (χ1n) is 8.66. The molecule has 0 saturated heterocycles. The van der Waals surface area contributed by atoms with Crippen molar-refractivity contribution < 1.29 is 4.52 Å². The van der Waals surface area contributed by atoms with Crippen LogP contribution in [0, 0.1) is 0 Å². The minimum Gasteiger partial charge on any atom is -0.366 e. The van der Waals surface area contributed by atoms with E-state index in [0.29, 0.717) is 18.3 Å². The largest absolute Gasteiger partial charge is 0.366 e. The van der Waals surface area contributed by atoms with Crippen molar-refractivity contribution in [3.05, 3.63) is 66.8 Å². The van der Waals surface area contributed by atoms with Gasteiger partial charge in [-0.15, -0.1) is 0 Å². The summed E-state index contributed by atoms with van der Waals surface area (Å²) in [5, 5.41) is 7.30. The third-order valence-corrected chi connectivity index (χ3v) is 4.02. The van der Waals surface area contributed by atoms with Crippen LogP contribution in [0.25, 0.3) is 17.3 Å². The van der Waals surface area contributed by atoms with Gasteiger partial charge in [0.1, 0.15) is 18.0 Å². The monoisotopic (exact) mass is 361 g/mol. The summed E-state index contributed by atoms with van der Waals surface area (Å²) < 4.78 is 7.20. The Hall–Kier alpha value is -3.55. The fourth-order valence-electron chi connectivity index (χ4n) is 2.51. The number of nitrogens with zero attached hydrogens (tertiary/aromatic N) is 6. The van der Waals surface area contributed by atoms with E-state index in [4.69, 9.17) is 4.52 Å². The first-order valence-corrected chi connectivity index (χ1v) is 8.66. The van der Waals surface area contributed by atoms with E-state index in [0.717, 1.165) is 22.8 Å². The average molecular weight is 361 g/mol. The van der Waals surface area contributed by atoms with Crippen LogP contribution >= 0.6 is 0 Å². The van der Waals surface area contributed by atoms with Gasteiger partial charge in [-0.2, -0.15) is 4.98 Å². The van der Waals surface area contributed by atoms with E-state index >= 15 is 0 Å². The van der Waals surface area contributed by atoms with Gasteiger partial charge in [0.05, 0.1) is 0 Å². The third kappa shape index (κ3) is 3.84. The SMILES string of the molecule is CC(C)c1noc(-c2ccnc(NCc3ccc(-n4ccnc4)nc3)c2)n1. The van der Waals surface area contributed by atoms with Crippen molar-refractivity contribution in [2.24, 2.45) is 0 Å². The molecule has 136 valence electrons. The van der Waals surface area contributed by atoms with Crippen LogP contribution in [0.15, 0.2) is 59.9 Å². The Morgan fingerprint density at radius 2 is 2.07 bits per heavy atom.